The first kappa shape index (κ1) is 14.7. The lowest BCUT2D eigenvalue weighted by molar-refractivity contribution is -0.884. The SMILES string of the molecule is C[NH+]1CCN(Cc2cc([N+](=O)[O-])c([O-])c3ncccc23)CC1. The number of rotatable bonds is 3. The summed E-state index contributed by atoms with van der Waals surface area (Å²) in [7, 11) is 2.16. The molecule has 1 aliphatic rings. The van der Waals surface area contributed by atoms with Crippen molar-refractivity contribution >= 4 is 16.6 Å². The highest BCUT2D eigenvalue weighted by molar-refractivity contribution is 5.90. The summed E-state index contributed by atoms with van der Waals surface area (Å²) in [6, 6.07) is 4.98. The van der Waals surface area contributed by atoms with Crippen molar-refractivity contribution in [2.75, 3.05) is 33.2 Å². The van der Waals surface area contributed by atoms with Gasteiger partial charge in [-0.3, -0.25) is 20.0 Å². The van der Waals surface area contributed by atoms with Gasteiger partial charge in [0.1, 0.15) is 0 Å². The van der Waals surface area contributed by atoms with Crippen LogP contribution < -0.4 is 10.0 Å². The molecule has 22 heavy (non-hydrogen) atoms. The van der Waals surface area contributed by atoms with Gasteiger partial charge >= 0.3 is 0 Å². The van der Waals surface area contributed by atoms with Crippen molar-refractivity contribution in [3.05, 3.63) is 40.1 Å². The maximum Gasteiger partial charge on any atom is 0.264 e. The number of benzene rings is 1. The van der Waals surface area contributed by atoms with Crippen molar-refractivity contribution in [3.63, 3.8) is 0 Å². The van der Waals surface area contributed by atoms with Crippen LogP contribution in [0.1, 0.15) is 5.56 Å². The molecule has 0 unspecified atom stereocenters. The second-order valence-electron chi connectivity index (χ2n) is 5.77. The molecule has 3 rings (SSSR count). The number of piperazine rings is 1. The summed E-state index contributed by atoms with van der Waals surface area (Å²) >= 11 is 0. The van der Waals surface area contributed by atoms with Crippen molar-refractivity contribution < 1.29 is 14.9 Å². The molecule has 0 bridgehead atoms. The van der Waals surface area contributed by atoms with E-state index < -0.39 is 10.7 Å². The molecule has 0 atom stereocenters. The number of nitrogens with one attached hydrogen (secondary N) is 1. The third kappa shape index (κ3) is 2.72. The van der Waals surface area contributed by atoms with Crippen LogP contribution in [-0.2, 0) is 6.54 Å². The number of nitro benzene ring substituents is 1. The largest absolute Gasteiger partial charge is 0.866 e. The molecule has 0 radical (unpaired) electrons. The number of hydrogen-bond donors (Lipinski definition) is 1. The van der Waals surface area contributed by atoms with E-state index in [2.05, 4.69) is 16.9 Å². The first-order valence-electron chi connectivity index (χ1n) is 7.32. The smallest absolute Gasteiger partial charge is 0.264 e. The molecule has 116 valence electrons. The van der Waals surface area contributed by atoms with Gasteiger partial charge in [-0.25, -0.2) is 0 Å². The Bertz CT molecular complexity index is 711. The van der Waals surface area contributed by atoms with E-state index in [1.54, 1.807) is 6.07 Å². The molecule has 2 heterocycles. The van der Waals surface area contributed by atoms with E-state index in [1.165, 1.54) is 17.2 Å². The van der Waals surface area contributed by atoms with Crippen molar-refractivity contribution in [2.24, 2.45) is 0 Å². The minimum atomic E-state index is -0.617. The normalized spacial score (nSPS) is 17.0. The Labute approximate surface area is 127 Å². The molecule has 0 amide bonds. The summed E-state index contributed by atoms with van der Waals surface area (Å²) in [5.74, 6) is -0.604. The van der Waals surface area contributed by atoms with Crippen LogP contribution >= 0.6 is 0 Å². The van der Waals surface area contributed by atoms with Crippen LogP contribution in [0.25, 0.3) is 10.9 Å². The lowest BCUT2D eigenvalue weighted by atomic mass is 10.1. The molecule has 1 aromatic carbocycles. The molecule has 0 saturated carbocycles. The number of aromatic nitrogens is 1. The molecular weight excluding hydrogens is 284 g/mol. The van der Waals surface area contributed by atoms with Crippen LogP contribution in [0.15, 0.2) is 24.4 Å². The lowest BCUT2D eigenvalue weighted by Gasteiger charge is -2.30. The second kappa shape index (κ2) is 5.86. The maximum absolute atomic E-state index is 12.1. The van der Waals surface area contributed by atoms with Crippen molar-refractivity contribution in [1.82, 2.24) is 9.88 Å². The first-order valence-corrected chi connectivity index (χ1v) is 7.32. The summed E-state index contributed by atoms with van der Waals surface area (Å²) in [5.41, 5.74) is 0.598. The van der Waals surface area contributed by atoms with E-state index in [-0.39, 0.29) is 11.2 Å². The Balaban J connectivity index is 2.01. The number of hydrogen-bond acceptors (Lipinski definition) is 5. The third-order valence-corrected chi connectivity index (χ3v) is 4.21. The Morgan fingerprint density at radius 1 is 1.41 bits per heavy atom. The highest BCUT2D eigenvalue weighted by Gasteiger charge is 2.20. The second-order valence-corrected chi connectivity index (χ2v) is 5.77. The molecule has 2 aromatic rings. The summed E-state index contributed by atoms with van der Waals surface area (Å²) < 4.78 is 0. The summed E-state index contributed by atoms with van der Waals surface area (Å²) in [6.07, 6.45) is 1.50. The van der Waals surface area contributed by atoms with Gasteiger partial charge in [-0.05, 0) is 17.4 Å². The molecule has 1 aliphatic heterocycles. The molecule has 1 aromatic heterocycles. The fourth-order valence-electron chi connectivity index (χ4n) is 2.88. The van der Waals surface area contributed by atoms with Crippen molar-refractivity contribution in [1.29, 1.82) is 0 Å². The summed E-state index contributed by atoms with van der Waals surface area (Å²) in [4.78, 5) is 18.3. The van der Waals surface area contributed by atoms with E-state index in [0.29, 0.717) is 11.9 Å². The minimum absolute atomic E-state index is 0.187. The Kier molecular flexibility index (Phi) is 3.91. The van der Waals surface area contributed by atoms with Gasteiger partial charge in [0.2, 0.25) is 0 Å². The van der Waals surface area contributed by atoms with Crippen LogP contribution in [-0.4, -0.2) is 48.0 Å². The molecule has 7 nitrogen and oxygen atoms in total. The van der Waals surface area contributed by atoms with E-state index in [1.807, 2.05) is 6.07 Å². The van der Waals surface area contributed by atoms with Gasteiger partial charge < -0.3 is 10.0 Å². The predicted octanol–water partition coefficient (Wildman–Crippen LogP) is -0.453. The number of quaternary nitrogens is 1. The highest BCUT2D eigenvalue weighted by Crippen LogP contribution is 2.33. The Morgan fingerprint density at radius 2 is 2.14 bits per heavy atom. The van der Waals surface area contributed by atoms with E-state index >= 15 is 0 Å². The van der Waals surface area contributed by atoms with Gasteiger partial charge in [-0.1, -0.05) is 6.07 Å². The number of fused-ring (bicyclic) bond motifs is 1. The van der Waals surface area contributed by atoms with Crippen molar-refractivity contribution in [2.45, 2.75) is 6.54 Å². The fourth-order valence-corrected chi connectivity index (χ4v) is 2.88. The van der Waals surface area contributed by atoms with E-state index in [4.69, 9.17) is 0 Å². The number of likely N-dealkylation sites (N-methyl/N-ethyl adjacent to an activating group) is 1. The van der Waals surface area contributed by atoms with E-state index in [0.717, 1.165) is 31.7 Å². The van der Waals surface area contributed by atoms with Crippen LogP contribution in [0, 0.1) is 10.1 Å². The van der Waals surface area contributed by atoms with Crippen molar-refractivity contribution in [3.8, 4) is 5.75 Å². The zero-order valence-electron chi connectivity index (χ0n) is 12.4. The standard InChI is InChI=1S/C15H18N4O3/c1-17-5-7-18(8-6-17)10-11-9-13(19(21)22)15(20)14-12(11)3-2-4-16-14/h2-4,9,20H,5-8,10H2,1H3. The van der Waals surface area contributed by atoms with Crippen LogP contribution in [0.3, 0.4) is 0 Å². The number of nitro groups is 1. The minimum Gasteiger partial charge on any atom is -0.866 e. The molecule has 0 spiro atoms. The van der Waals surface area contributed by atoms with Gasteiger partial charge in [-0.2, -0.15) is 0 Å². The number of pyridine rings is 1. The van der Waals surface area contributed by atoms with E-state index in [9.17, 15) is 15.2 Å². The van der Waals surface area contributed by atoms with Gasteiger partial charge in [0.15, 0.2) is 0 Å². The van der Waals surface area contributed by atoms with Crippen LogP contribution in [0.4, 0.5) is 5.69 Å². The monoisotopic (exact) mass is 302 g/mol. The zero-order chi connectivity index (χ0) is 15.7. The fraction of sp³-hybridized carbons (Fsp3) is 0.400. The summed E-state index contributed by atoms with van der Waals surface area (Å²) in [5, 5.41) is 24.0. The van der Waals surface area contributed by atoms with Gasteiger partial charge in [0.25, 0.3) is 5.69 Å². The molecule has 1 fully saturated rings. The molecule has 1 saturated heterocycles. The Hall–Kier alpha value is -2.25. The lowest BCUT2D eigenvalue weighted by Crippen LogP contribution is -3.11. The predicted molar refractivity (Wildman–Crippen MR) is 79.7 cm³/mol. The topological polar surface area (TPSA) is 86.8 Å². The molecular formula is C15H18N4O3. The number of nitrogens with zero attached hydrogens (tertiary/aromatic N) is 3. The quantitative estimate of drug-likeness (QED) is 0.613. The average molecular weight is 302 g/mol. The first-order chi connectivity index (χ1) is 10.6. The maximum atomic E-state index is 12.1. The summed E-state index contributed by atoms with van der Waals surface area (Å²) in [6.45, 7) is 4.60. The van der Waals surface area contributed by atoms with Gasteiger partial charge in [0.05, 0.1) is 30.6 Å². The zero-order valence-corrected chi connectivity index (χ0v) is 12.4. The van der Waals surface area contributed by atoms with Crippen LogP contribution in [0.5, 0.6) is 5.75 Å². The molecule has 1 N–H and O–H groups in total. The van der Waals surface area contributed by atoms with Crippen LogP contribution in [0.2, 0.25) is 0 Å². The third-order valence-electron chi connectivity index (χ3n) is 4.21. The molecule has 0 aliphatic carbocycles. The molecule has 7 heteroatoms. The van der Waals surface area contributed by atoms with Gasteiger partial charge in [-0.15, -0.1) is 0 Å². The Morgan fingerprint density at radius 3 is 2.82 bits per heavy atom. The van der Waals surface area contributed by atoms with Gasteiger partial charge in [0, 0.05) is 37.3 Å². The highest BCUT2D eigenvalue weighted by atomic mass is 16.6. The average Bonchev–Trinajstić information content (AvgIpc) is 2.52.